The predicted molar refractivity (Wildman–Crippen MR) is 158 cm³/mol. The Hall–Kier alpha value is -3.23. The van der Waals surface area contributed by atoms with E-state index < -0.39 is 5.97 Å². The first kappa shape index (κ1) is 28.8. The van der Waals surface area contributed by atoms with Gasteiger partial charge in [0.05, 0.1) is 25.5 Å². The number of fused-ring (bicyclic) bond motifs is 2. The number of aryl methyl sites for hydroxylation is 3. The van der Waals surface area contributed by atoms with Gasteiger partial charge in [-0.25, -0.2) is 0 Å². The van der Waals surface area contributed by atoms with Crippen molar-refractivity contribution in [3.63, 3.8) is 0 Å². The number of carbonyl (C=O) groups excluding carboxylic acids is 2. The lowest BCUT2D eigenvalue weighted by Crippen LogP contribution is -2.06. The van der Waals surface area contributed by atoms with Crippen LogP contribution in [0.1, 0.15) is 65.2 Å². The topological polar surface area (TPSA) is 89.9 Å². The van der Waals surface area contributed by atoms with Crippen LogP contribution in [0.5, 0.6) is 11.5 Å². The van der Waals surface area contributed by atoms with Gasteiger partial charge in [-0.05, 0) is 97.3 Å². The molecule has 6 nitrogen and oxygen atoms in total. The zero-order chi connectivity index (χ0) is 28.1. The van der Waals surface area contributed by atoms with Gasteiger partial charge >= 0.3 is 5.97 Å². The molecule has 0 bridgehead atoms. The highest BCUT2D eigenvalue weighted by Gasteiger charge is 2.16. The van der Waals surface area contributed by atoms with Gasteiger partial charge < -0.3 is 14.6 Å². The number of Topliss-reactive ketones (excluding diaryl/α,β-unsaturated/α-hetero) is 2. The molecule has 1 N–H and O–H groups in total. The first-order valence-electron chi connectivity index (χ1n) is 13.1. The Kier molecular flexibility index (Phi) is 9.40. The number of rotatable bonds is 14. The van der Waals surface area contributed by atoms with Crippen LogP contribution in [0.15, 0.2) is 36.4 Å². The second kappa shape index (κ2) is 12.7. The van der Waals surface area contributed by atoms with E-state index >= 15 is 0 Å². The molecule has 0 aliphatic carbocycles. The maximum absolute atomic E-state index is 12.4. The molecule has 2 heterocycles. The highest BCUT2D eigenvalue weighted by molar-refractivity contribution is 7.20. The highest BCUT2D eigenvalue weighted by atomic mass is 32.1. The van der Waals surface area contributed by atoms with E-state index in [1.165, 1.54) is 26.3 Å². The van der Waals surface area contributed by atoms with Crippen molar-refractivity contribution in [1.82, 2.24) is 0 Å². The number of carbonyl (C=O) groups is 3. The van der Waals surface area contributed by atoms with Gasteiger partial charge in [0.15, 0.2) is 5.78 Å². The number of thiophene rings is 2. The van der Waals surface area contributed by atoms with Crippen LogP contribution < -0.4 is 9.47 Å². The lowest BCUT2D eigenvalue weighted by atomic mass is 10.00. The van der Waals surface area contributed by atoms with E-state index in [-0.39, 0.29) is 30.3 Å². The quantitative estimate of drug-likeness (QED) is 0.159. The molecule has 4 rings (SSSR count). The van der Waals surface area contributed by atoms with Crippen molar-refractivity contribution in [2.45, 2.75) is 58.8 Å². The minimum Gasteiger partial charge on any atom is -0.496 e. The van der Waals surface area contributed by atoms with E-state index in [4.69, 9.17) is 14.6 Å². The fourth-order valence-electron chi connectivity index (χ4n) is 4.69. The summed E-state index contributed by atoms with van der Waals surface area (Å²) < 4.78 is 13.5. The van der Waals surface area contributed by atoms with Crippen molar-refractivity contribution in [2.24, 2.45) is 5.92 Å². The van der Waals surface area contributed by atoms with E-state index in [0.29, 0.717) is 4.88 Å². The molecule has 206 valence electrons. The van der Waals surface area contributed by atoms with Crippen LogP contribution in [-0.4, -0.2) is 36.9 Å². The summed E-state index contributed by atoms with van der Waals surface area (Å²) in [6.45, 7) is 3.65. The zero-order valence-corrected chi connectivity index (χ0v) is 24.4. The molecule has 0 aliphatic rings. The zero-order valence-electron chi connectivity index (χ0n) is 22.8. The molecule has 0 amide bonds. The van der Waals surface area contributed by atoms with Crippen molar-refractivity contribution in [2.75, 3.05) is 14.2 Å². The summed E-state index contributed by atoms with van der Waals surface area (Å²) in [5.41, 5.74) is 2.23. The number of hydrogen-bond acceptors (Lipinski definition) is 7. The van der Waals surface area contributed by atoms with Gasteiger partial charge in [-0.3, -0.25) is 14.4 Å². The third-order valence-corrected chi connectivity index (χ3v) is 9.44. The third kappa shape index (κ3) is 7.05. The first-order valence-corrected chi connectivity index (χ1v) is 14.8. The van der Waals surface area contributed by atoms with E-state index in [1.54, 1.807) is 32.5 Å². The van der Waals surface area contributed by atoms with Gasteiger partial charge in [-0.15, -0.1) is 22.7 Å². The number of methoxy groups -OCH3 is 2. The molecule has 0 aliphatic heterocycles. The Labute approximate surface area is 236 Å². The molecule has 39 heavy (non-hydrogen) atoms. The number of ketones is 2. The van der Waals surface area contributed by atoms with Crippen molar-refractivity contribution < 1.29 is 29.0 Å². The molecule has 1 atom stereocenters. The molecule has 0 saturated heterocycles. The van der Waals surface area contributed by atoms with Gasteiger partial charge in [0.1, 0.15) is 17.3 Å². The van der Waals surface area contributed by atoms with Gasteiger partial charge in [0, 0.05) is 26.6 Å². The summed E-state index contributed by atoms with van der Waals surface area (Å²) in [6, 6.07) is 12.5. The molecule has 0 fully saturated rings. The summed E-state index contributed by atoms with van der Waals surface area (Å²) >= 11 is 3.14. The molecule has 0 radical (unpaired) electrons. The average molecular weight is 567 g/mol. The van der Waals surface area contributed by atoms with Crippen LogP contribution in [0.2, 0.25) is 0 Å². The first-order chi connectivity index (χ1) is 18.7. The Morgan fingerprint density at radius 3 is 1.97 bits per heavy atom. The van der Waals surface area contributed by atoms with Crippen molar-refractivity contribution in [3.8, 4) is 11.5 Å². The number of carboxylic acids is 1. The molecular weight excluding hydrogens is 532 g/mol. The number of hydrogen-bond donors (Lipinski definition) is 1. The second-order valence-corrected chi connectivity index (χ2v) is 12.2. The standard InChI is InChI=1S/C31H34O6S2/c1-18(19(2)32)8-9-24-14-22-12-20(26(36-3)16-28(22)38-24)6-5-7-21-13-23-15-30(25(33)10-11-31(34)35)39-29(23)17-27(21)37-4/h12-18H,5-11H2,1-4H3,(H,34,35)/t18-/m0/s1. The van der Waals surface area contributed by atoms with Crippen molar-refractivity contribution >= 4 is 60.4 Å². The number of benzene rings is 2. The van der Waals surface area contributed by atoms with Gasteiger partial charge in [-0.1, -0.05) is 6.92 Å². The minimum atomic E-state index is -0.970. The molecular formula is C31H34O6S2. The minimum absolute atomic E-state index is 0.00147. The summed E-state index contributed by atoms with van der Waals surface area (Å²) in [5.74, 6) is 0.875. The summed E-state index contributed by atoms with van der Waals surface area (Å²) in [4.78, 5) is 36.7. The largest absolute Gasteiger partial charge is 0.496 e. The van der Waals surface area contributed by atoms with Crippen LogP contribution in [-0.2, 0) is 28.9 Å². The van der Waals surface area contributed by atoms with Crippen LogP contribution >= 0.6 is 22.7 Å². The predicted octanol–water partition coefficient (Wildman–Crippen LogP) is 7.51. The molecule has 0 saturated carbocycles. The average Bonchev–Trinajstić information content (AvgIpc) is 3.52. The monoisotopic (exact) mass is 566 g/mol. The molecule has 4 aromatic rings. The van der Waals surface area contributed by atoms with Gasteiger partial charge in [0.25, 0.3) is 0 Å². The van der Waals surface area contributed by atoms with Crippen LogP contribution in [0.25, 0.3) is 20.2 Å². The van der Waals surface area contributed by atoms with Crippen molar-refractivity contribution in [1.29, 1.82) is 0 Å². The Morgan fingerprint density at radius 2 is 1.41 bits per heavy atom. The summed E-state index contributed by atoms with van der Waals surface area (Å²) in [6.07, 6.45) is 4.14. The summed E-state index contributed by atoms with van der Waals surface area (Å²) in [5, 5.41) is 11.1. The van der Waals surface area contributed by atoms with E-state index in [2.05, 4.69) is 24.3 Å². The fourth-order valence-corrected chi connectivity index (χ4v) is 6.82. The lowest BCUT2D eigenvalue weighted by molar-refractivity contribution is -0.137. The molecule has 0 unspecified atom stereocenters. The SMILES string of the molecule is COc1cc2sc(CC[C@H](C)C(C)=O)cc2cc1CCCc1cc2cc(C(=O)CCC(=O)O)sc2cc1OC. The molecule has 2 aromatic carbocycles. The van der Waals surface area contributed by atoms with E-state index in [0.717, 1.165) is 64.8 Å². The highest BCUT2D eigenvalue weighted by Crippen LogP contribution is 2.36. The maximum atomic E-state index is 12.4. The second-order valence-electron chi connectivity index (χ2n) is 9.95. The smallest absolute Gasteiger partial charge is 0.303 e. The Bertz CT molecular complexity index is 1510. The number of ether oxygens (including phenoxy) is 2. The molecule has 2 aromatic heterocycles. The van der Waals surface area contributed by atoms with Crippen LogP contribution in [0.3, 0.4) is 0 Å². The van der Waals surface area contributed by atoms with Crippen LogP contribution in [0, 0.1) is 5.92 Å². The van der Waals surface area contributed by atoms with Gasteiger partial charge in [0.2, 0.25) is 0 Å². The van der Waals surface area contributed by atoms with E-state index in [1.807, 2.05) is 19.1 Å². The normalized spacial score (nSPS) is 12.1. The number of aliphatic carboxylic acids is 1. The summed E-state index contributed by atoms with van der Waals surface area (Å²) in [7, 11) is 3.36. The van der Waals surface area contributed by atoms with Crippen LogP contribution in [0.4, 0.5) is 0 Å². The van der Waals surface area contributed by atoms with Gasteiger partial charge in [-0.2, -0.15) is 0 Å². The maximum Gasteiger partial charge on any atom is 0.303 e. The number of carboxylic acid groups (broad SMARTS) is 1. The molecule has 0 spiro atoms. The third-order valence-electron chi connectivity index (χ3n) is 7.14. The Morgan fingerprint density at radius 1 is 0.821 bits per heavy atom. The Balaban J connectivity index is 1.47. The van der Waals surface area contributed by atoms with Crippen molar-refractivity contribution in [3.05, 3.63) is 57.3 Å². The lowest BCUT2D eigenvalue weighted by Gasteiger charge is -2.11. The van der Waals surface area contributed by atoms with E-state index in [9.17, 15) is 14.4 Å². The fraction of sp³-hybridized carbons (Fsp3) is 0.387. The molecule has 8 heteroatoms.